The van der Waals surface area contributed by atoms with E-state index in [1.807, 2.05) is 0 Å². The molecule has 2 aromatic heterocycles. The van der Waals surface area contributed by atoms with Crippen LogP contribution in [0.1, 0.15) is 6.92 Å². The topological polar surface area (TPSA) is 99.4 Å². The van der Waals surface area contributed by atoms with Crippen LogP contribution in [0.4, 0.5) is 5.69 Å². The summed E-state index contributed by atoms with van der Waals surface area (Å²) in [7, 11) is 3.10. The molecule has 1 N–H and O–H groups in total. The van der Waals surface area contributed by atoms with Crippen LogP contribution in [-0.2, 0) is 4.79 Å². The van der Waals surface area contributed by atoms with Crippen LogP contribution in [0.5, 0.6) is 11.5 Å². The fourth-order valence-electron chi connectivity index (χ4n) is 2.20. The maximum Gasteiger partial charge on any atom is 0.277 e. The summed E-state index contributed by atoms with van der Waals surface area (Å²) in [5.41, 5.74) is 1.34. The Labute approximate surface area is 160 Å². The summed E-state index contributed by atoms with van der Waals surface area (Å²) in [6.45, 7) is 1.76. The minimum absolute atomic E-state index is 0.209. The van der Waals surface area contributed by atoms with Gasteiger partial charge in [-0.1, -0.05) is 11.8 Å². The molecule has 3 rings (SSSR count). The fourth-order valence-corrected chi connectivity index (χ4v) is 2.88. The molecule has 0 radical (unpaired) electrons. The van der Waals surface area contributed by atoms with Gasteiger partial charge in [-0.25, -0.2) is 0 Å². The Balaban J connectivity index is 1.65. The monoisotopic (exact) mass is 386 g/mol. The molecule has 9 heteroatoms. The van der Waals surface area contributed by atoms with E-state index in [1.54, 1.807) is 63.9 Å². The number of aromatic nitrogens is 3. The molecule has 0 saturated heterocycles. The number of nitrogens with zero attached hydrogens (tertiary/aromatic N) is 3. The van der Waals surface area contributed by atoms with Crippen molar-refractivity contribution in [3.8, 4) is 23.0 Å². The molecule has 0 spiro atoms. The van der Waals surface area contributed by atoms with Gasteiger partial charge in [-0.15, -0.1) is 10.2 Å². The van der Waals surface area contributed by atoms with Gasteiger partial charge in [0.25, 0.3) is 5.22 Å². The van der Waals surface area contributed by atoms with E-state index in [1.165, 1.54) is 11.8 Å². The van der Waals surface area contributed by atoms with Gasteiger partial charge < -0.3 is 19.2 Å². The van der Waals surface area contributed by atoms with Gasteiger partial charge >= 0.3 is 0 Å². The molecular formula is C18H18N4O4S. The smallest absolute Gasteiger partial charge is 0.277 e. The normalized spacial score (nSPS) is 11.7. The molecule has 1 amide bonds. The number of nitrogens with one attached hydrogen (secondary N) is 1. The number of methoxy groups -OCH3 is 2. The predicted octanol–water partition coefficient (Wildman–Crippen LogP) is 3.27. The van der Waals surface area contributed by atoms with Crippen LogP contribution in [0, 0.1) is 0 Å². The molecule has 8 nitrogen and oxygen atoms in total. The van der Waals surface area contributed by atoms with Crippen LogP contribution in [0.15, 0.2) is 52.4 Å². The van der Waals surface area contributed by atoms with Crippen LogP contribution in [0.25, 0.3) is 11.5 Å². The SMILES string of the molecule is COc1cc(NC(=O)C(C)Sc2nnc(-c3ccncc3)o2)cc(OC)c1. The summed E-state index contributed by atoms with van der Waals surface area (Å²) >= 11 is 1.18. The second-order valence-electron chi connectivity index (χ2n) is 5.46. The molecule has 0 bridgehead atoms. The third-order valence-corrected chi connectivity index (χ3v) is 4.53. The standard InChI is InChI=1S/C18H18N4O4S/c1-11(16(23)20-13-8-14(24-2)10-15(9-13)25-3)27-18-22-21-17(26-18)12-4-6-19-7-5-12/h4-11H,1-3H3,(H,20,23). The zero-order valence-electron chi connectivity index (χ0n) is 15.0. The minimum atomic E-state index is -0.451. The number of amides is 1. The molecule has 0 saturated carbocycles. The van der Waals surface area contributed by atoms with E-state index in [0.717, 1.165) is 5.56 Å². The summed E-state index contributed by atoms with van der Waals surface area (Å²) in [6, 6.07) is 8.70. The van der Waals surface area contributed by atoms with Crippen LogP contribution in [-0.4, -0.2) is 40.6 Å². The zero-order chi connectivity index (χ0) is 19.2. The Bertz CT molecular complexity index is 894. The van der Waals surface area contributed by atoms with Gasteiger partial charge in [0.15, 0.2) is 0 Å². The van der Waals surface area contributed by atoms with E-state index in [9.17, 15) is 4.79 Å². The molecule has 27 heavy (non-hydrogen) atoms. The van der Waals surface area contributed by atoms with Crippen molar-refractivity contribution < 1.29 is 18.7 Å². The molecule has 1 aromatic carbocycles. The van der Waals surface area contributed by atoms with Gasteiger partial charge in [-0.3, -0.25) is 9.78 Å². The van der Waals surface area contributed by atoms with Crippen molar-refractivity contribution in [2.24, 2.45) is 0 Å². The van der Waals surface area contributed by atoms with Gasteiger partial charge in [0.1, 0.15) is 11.5 Å². The molecule has 2 heterocycles. The first kappa shape index (κ1) is 18.7. The largest absolute Gasteiger partial charge is 0.497 e. The average Bonchev–Trinajstić information content (AvgIpc) is 3.16. The zero-order valence-corrected chi connectivity index (χ0v) is 15.8. The molecule has 0 aliphatic rings. The van der Waals surface area contributed by atoms with E-state index in [-0.39, 0.29) is 5.91 Å². The van der Waals surface area contributed by atoms with E-state index in [2.05, 4.69) is 20.5 Å². The number of ether oxygens (including phenoxy) is 2. The lowest BCUT2D eigenvalue weighted by molar-refractivity contribution is -0.115. The minimum Gasteiger partial charge on any atom is -0.497 e. The van der Waals surface area contributed by atoms with Crippen molar-refractivity contribution in [2.75, 3.05) is 19.5 Å². The van der Waals surface area contributed by atoms with Crippen molar-refractivity contribution in [3.63, 3.8) is 0 Å². The van der Waals surface area contributed by atoms with E-state index in [0.29, 0.717) is 28.3 Å². The molecular weight excluding hydrogens is 368 g/mol. The molecule has 0 aliphatic carbocycles. The lowest BCUT2D eigenvalue weighted by Gasteiger charge is -2.12. The van der Waals surface area contributed by atoms with Crippen molar-refractivity contribution in [1.82, 2.24) is 15.2 Å². The number of rotatable bonds is 7. The number of benzene rings is 1. The summed E-state index contributed by atoms with van der Waals surface area (Å²) in [5, 5.41) is 10.7. The molecule has 0 fully saturated rings. The summed E-state index contributed by atoms with van der Waals surface area (Å²) in [5.74, 6) is 1.34. The quantitative estimate of drug-likeness (QED) is 0.618. The summed E-state index contributed by atoms with van der Waals surface area (Å²) < 4.78 is 16.0. The Morgan fingerprint density at radius 3 is 2.41 bits per heavy atom. The van der Waals surface area contributed by atoms with Crippen molar-refractivity contribution in [3.05, 3.63) is 42.7 Å². The maximum atomic E-state index is 12.5. The van der Waals surface area contributed by atoms with Gasteiger partial charge in [-0.2, -0.15) is 0 Å². The third-order valence-electron chi connectivity index (χ3n) is 3.60. The van der Waals surface area contributed by atoms with Crippen molar-refractivity contribution >= 4 is 23.4 Å². The average molecular weight is 386 g/mol. The van der Waals surface area contributed by atoms with Gasteiger partial charge in [-0.05, 0) is 19.1 Å². The predicted molar refractivity (Wildman–Crippen MR) is 101 cm³/mol. The first-order valence-electron chi connectivity index (χ1n) is 8.03. The fraction of sp³-hybridized carbons (Fsp3) is 0.222. The highest BCUT2D eigenvalue weighted by Crippen LogP contribution is 2.28. The van der Waals surface area contributed by atoms with Gasteiger partial charge in [0, 0.05) is 41.8 Å². The third kappa shape index (κ3) is 4.76. The van der Waals surface area contributed by atoms with Crippen LogP contribution in [0.2, 0.25) is 0 Å². The highest BCUT2D eigenvalue weighted by Gasteiger charge is 2.19. The first-order chi connectivity index (χ1) is 13.1. The van der Waals surface area contributed by atoms with Crippen LogP contribution < -0.4 is 14.8 Å². The van der Waals surface area contributed by atoms with E-state index in [4.69, 9.17) is 13.9 Å². The first-order valence-corrected chi connectivity index (χ1v) is 8.91. The number of hydrogen-bond acceptors (Lipinski definition) is 8. The lowest BCUT2D eigenvalue weighted by Crippen LogP contribution is -2.22. The molecule has 3 aromatic rings. The molecule has 140 valence electrons. The highest BCUT2D eigenvalue weighted by atomic mass is 32.2. The van der Waals surface area contributed by atoms with Crippen LogP contribution in [0.3, 0.4) is 0 Å². The Kier molecular flexibility index (Phi) is 5.92. The number of carbonyl (C=O) groups is 1. The van der Waals surface area contributed by atoms with Crippen molar-refractivity contribution in [2.45, 2.75) is 17.4 Å². The number of carbonyl (C=O) groups excluding carboxylic acids is 1. The Morgan fingerprint density at radius 2 is 1.78 bits per heavy atom. The summed E-state index contributed by atoms with van der Waals surface area (Å²) in [6.07, 6.45) is 3.29. The molecule has 1 unspecified atom stereocenters. The Hall–Kier alpha value is -3.07. The van der Waals surface area contributed by atoms with E-state index >= 15 is 0 Å². The molecule has 1 atom stereocenters. The highest BCUT2D eigenvalue weighted by molar-refractivity contribution is 8.00. The number of pyridine rings is 1. The van der Waals surface area contributed by atoms with Gasteiger partial charge in [0.2, 0.25) is 11.8 Å². The number of hydrogen-bond donors (Lipinski definition) is 1. The van der Waals surface area contributed by atoms with Crippen LogP contribution >= 0.6 is 11.8 Å². The second kappa shape index (κ2) is 8.54. The lowest BCUT2D eigenvalue weighted by atomic mass is 10.2. The number of thioether (sulfide) groups is 1. The van der Waals surface area contributed by atoms with Gasteiger partial charge in [0.05, 0.1) is 19.5 Å². The summed E-state index contributed by atoms with van der Waals surface area (Å²) in [4.78, 5) is 16.4. The molecule has 0 aliphatic heterocycles. The van der Waals surface area contributed by atoms with Crippen molar-refractivity contribution in [1.29, 1.82) is 0 Å². The maximum absolute atomic E-state index is 12.5. The number of anilines is 1. The van der Waals surface area contributed by atoms with E-state index < -0.39 is 5.25 Å². The Morgan fingerprint density at radius 1 is 1.11 bits per heavy atom. The second-order valence-corrected chi connectivity index (χ2v) is 6.75.